The molecule has 2 rings (SSSR count). The van der Waals surface area contributed by atoms with Gasteiger partial charge in [0.2, 0.25) is 0 Å². The average molecular weight is 297 g/mol. The number of hydrogen-bond donors (Lipinski definition) is 1. The van der Waals surface area contributed by atoms with Crippen LogP contribution in [-0.4, -0.2) is 10.9 Å². The number of nitrogens with zero attached hydrogens (tertiary/aromatic N) is 1. The van der Waals surface area contributed by atoms with Crippen molar-refractivity contribution >= 4 is 38.9 Å². The zero-order valence-corrected chi connectivity index (χ0v) is 10.9. The van der Waals surface area contributed by atoms with Crippen LogP contribution in [0.25, 0.3) is 0 Å². The number of halogens is 1. The Kier molecular flexibility index (Phi) is 3.36. The minimum Gasteiger partial charge on any atom is -0.321 e. The summed E-state index contributed by atoms with van der Waals surface area (Å²) in [6.45, 7) is 1.95. The molecule has 5 heteroatoms. The summed E-state index contributed by atoms with van der Waals surface area (Å²) in [7, 11) is 0. The molecule has 0 radical (unpaired) electrons. The Bertz CT molecular complexity index is 511. The van der Waals surface area contributed by atoms with Crippen LogP contribution in [0, 0.1) is 6.92 Å². The molecule has 3 nitrogen and oxygen atoms in total. The minimum atomic E-state index is -0.118. The zero-order chi connectivity index (χ0) is 11.5. The molecular formula is C11H9BrN2OS. The molecular weight excluding hydrogens is 288 g/mol. The van der Waals surface area contributed by atoms with E-state index in [1.807, 2.05) is 25.1 Å². The average Bonchev–Trinajstić information content (AvgIpc) is 2.75. The Morgan fingerprint density at radius 1 is 1.50 bits per heavy atom. The van der Waals surface area contributed by atoms with Gasteiger partial charge in [-0.2, -0.15) is 0 Å². The Morgan fingerprint density at radius 3 is 2.94 bits per heavy atom. The standard InChI is InChI=1S/C11H9BrN2OS/c1-7-4-8(12)2-3-9(7)14-11(15)10-5-13-6-16-10/h2-6H,1H3,(H,14,15). The molecule has 16 heavy (non-hydrogen) atoms. The van der Waals surface area contributed by atoms with Crippen molar-refractivity contribution in [1.29, 1.82) is 0 Å². The highest BCUT2D eigenvalue weighted by Gasteiger charge is 2.08. The normalized spacial score (nSPS) is 10.1. The molecule has 0 saturated heterocycles. The number of carbonyl (C=O) groups is 1. The number of aromatic nitrogens is 1. The molecule has 0 aliphatic carbocycles. The van der Waals surface area contributed by atoms with Gasteiger partial charge in [-0.3, -0.25) is 9.78 Å². The van der Waals surface area contributed by atoms with E-state index in [1.165, 1.54) is 11.3 Å². The van der Waals surface area contributed by atoms with E-state index < -0.39 is 0 Å². The number of thiazole rings is 1. The van der Waals surface area contributed by atoms with Crippen LogP contribution in [0.1, 0.15) is 15.2 Å². The number of carbonyl (C=O) groups excluding carboxylic acids is 1. The van der Waals surface area contributed by atoms with Gasteiger partial charge in [-0.15, -0.1) is 11.3 Å². The van der Waals surface area contributed by atoms with Crippen LogP contribution in [0.5, 0.6) is 0 Å². The third-order valence-electron chi connectivity index (χ3n) is 2.09. The first-order chi connectivity index (χ1) is 7.66. The van der Waals surface area contributed by atoms with E-state index in [4.69, 9.17) is 0 Å². The van der Waals surface area contributed by atoms with Gasteiger partial charge in [0.15, 0.2) is 0 Å². The molecule has 1 N–H and O–H groups in total. The summed E-state index contributed by atoms with van der Waals surface area (Å²) in [5.74, 6) is -0.118. The predicted molar refractivity (Wildman–Crippen MR) is 68.9 cm³/mol. The number of benzene rings is 1. The van der Waals surface area contributed by atoms with Crippen molar-refractivity contribution in [3.8, 4) is 0 Å². The second kappa shape index (κ2) is 4.76. The Hall–Kier alpha value is -1.20. The topological polar surface area (TPSA) is 42.0 Å². The quantitative estimate of drug-likeness (QED) is 0.922. The first-order valence-corrected chi connectivity index (χ1v) is 6.30. The SMILES string of the molecule is Cc1cc(Br)ccc1NC(=O)c1cncs1. The molecule has 0 bridgehead atoms. The molecule has 0 aliphatic heterocycles. The van der Waals surface area contributed by atoms with E-state index >= 15 is 0 Å². The van der Waals surface area contributed by atoms with E-state index in [9.17, 15) is 4.79 Å². The van der Waals surface area contributed by atoms with Crippen LogP contribution in [0.2, 0.25) is 0 Å². The van der Waals surface area contributed by atoms with Crippen molar-refractivity contribution in [3.05, 3.63) is 44.8 Å². The van der Waals surface area contributed by atoms with Crippen LogP contribution >= 0.6 is 27.3 Å². The van der Waals surface area contributed by atoms with Crippen LogP contribution < -0.4 is 5.32 Å². The maximum Gasteiger partial charge on any atom is 0.267 e. The molecule has 0 fully saturated rings. The first-order valence-electron chi connectivity index (χ1n) is 4.63. The summed E-state index contributed by atoms with van der Waals surface area (Å²) in [4.78, 5) is 16.2. The lowest BCUT2D eigenvalue weighted by Gasteiger charge is -2.07. The van der Waals surface area contributed by atoms with Crippen LogP contribution in [0.3, 0.4) is 0 Å². The lowest BCUT2D eigenvalue weighted by molar-refractivity contribution is 0.103. The molecule has 1 heterocycles. The molecule has 0 aliphatic rings. The van der Waals surface area contributed by atoms with Gasteiger partial charge in [-0.25, -0.2) is 0 Å². The van der Waals surface area contributed by atoms with Gasteiger partial charge in [0.05, 0.1) is 11.7 Å². The van der Waals surface area contributed by atoms with E-state index in [0.717, 1.165) is 15.7 Å². The number of anilines is 1. The molecule has 0 spiro atoms. The smallest absolute Gasteiger partial charge is 0.267 e. The highest BCUT2D eigenvalue weighted by Crippen LogP contribution is 2.21. The summed E-state index contributed by atoms with van der Waals surface area (Å²) in [6.07, 6.45) is 1.56. The largest absolute Gasteiger partial charge is 0.321 e. The van der Waals surface area contributed by atoms with E-state index in [0.29, 0.717) is 4.88 Å². The van der Waals surface area contributed by atoms with Crippen LogP contribution in [0.15, 0.2) is 34.4 Å². The van der Waals surface area contributed by atoms with Crippen molar-refractivity contribution in [2.75, 3.05) is 5.32 Å². The van der Waals surface area contributed by atoms with Gasteiger partial charge >= 0.3 is 0 Å². The lowest BCUT2D eigenvalue weighted by atomic mass is 10.2. The fourth-order valence-electron chi connectivity index (χ4n) is 1.28. The molecule has 1 amide bonds. The number of nitrogens with one attached hydrogen (secondary N) is 1. The summed E-state index contributed by atoms with van der Waals surface area (Å²) in [6, 6.07) is 5.73. The van der Waals surface area contributed by atoms with Gasteiger partial charge in [-0.1, -0.05) is 15.9 Å². The molecule has 0 saturated carbocycles. The van der Waals surface area contributed by atoms with Crippen molar-refractivity contribution in [2.24, 2.45) is 0 Å². The van der Waals surface area contributed by atoms with Crippen molar-refractivity contribution in [1.82, 2.24) is 4.98 Å². The van der Waals surface area contributed by atoms with Gasteiger partial charge in [0, 0.05) is 10.2 Å². The highest BCUT2D eigenvalue weighted by atomic mass is 79.9. The third-order valence-corrected chi connectivity index (χ3v) is 3.36. The molecule has 1 aromatic carbocycles. The third kappa shape index (κ3) is 2.48. The van der Waals surface area contributed by atoms with E-state index in [1.54, 1.807) is 11.7 Å². The second-order valence-corrected chi connectivity index (χ2v) is 5.08. The number of aryl methyl sites for hydroxylation is 1. The Labute approximate surface area is 106 Å². The summed E-state index contributed by atoms with van der Waals surface area (Å²) in [5, 5.41) is 2.85. The summed E-state index contributed by atoms with van der Waals surface area (Å²) in [5.41, 5.74) is 3.48. The van der Waals surface area contributed by atoms with Gasteiger partial charge in [0.1, 0.15) is 4.88 Å². The number of hydrogen-bond acceptors (Lipinski definition) is 3. The predicted octanol–water partition coefficient (Wildman–Crippen LogP) is 3.47. The molecule has 2 aromatic rings. The Morgan fingerprint density at radius 2 is 2.31 bits per heavy atom. The molecule has 82 valence electrons. The van der Waals surface area contributed by atoms with Crippen molar-refractivity contribution in [2.45, 2.75) is 6.92 Å². The number of rotatable bonds is 2. The molecule has 0 unspecified atom stereocenters. The van der Waals surface area contributed by atoms with Gasteiger partial charge in [0.25, 0.3) is 5.91 Å². The summed E-state index contributed by atoms with van der Waals surface area (Å²) >= 11 is 4.71. The number of amides is 1. The maximum absolute atomic E-state index is 11.8. The van der Waals surface area contributed by atoms with E-state index in [-0.39, 0.29) is 5.91 Å². The van der Waals surface area contributed by atoms with Gasteiger partial charge in [-0.05, 0) is 30.7 Å². The second-order valence-electron chi connectivity index (χ2n) is 3.28. The first kappa shape index (κ1) is 11.3. The van der Waals surface area contributed by atoms with Crippen molar-refractivity contribution < 1.29 is 4.79 Å². The van der Waals surface area contributed by atoms with Crippen LogP contribution in [-0.2, 0) is 0 Å². The fraction of sp³-hybridized carbons (Fsp3) is 0.0909. The van der Waals surface area contributed by atoms with E-state index in [2.05, 4.69) is 26.2 Å². The monoisotopic (exact) mass is 296 g/mol. The van der Waals surface area contributed by atoms with Crippen LogP contribution in [0.4, 0.5) is 5.69 Å². The molecule has 1 aromatic heterocycles. The Balaban J connectivity index is 2.18. The minimum absolute atomic E-state index is 0.118. The summed E-state index contributed by atoms with van der Waals surface area (Å²) < 4.78 is 1.00. The highest BCUT2D eigenvalue weighted by molar-refractivity contribution is 9.10. The van der Waals surface area contributed by atoms with Gasteiger partial charge < -0.3 is 5.32 Å². The molecule has 0 atom stereocenters. The lowest BCUT2D eigenvalue weighted by Crippen LogP contribution is -2.11. The zero-order valence-electron chi connectivity index (χ0n) is 8.53. The van der Waals surface area contributed by atoms with Crippen molar-refractivity contribution in [3.63, 3.8) is 0 Å². The maximum atomic E-state index is 11.8. The fourth-order valence-corrected chi connectivity index (χ4v) is 2.27.